The standard InChI is InChI=1S/C16H27NO2/c1-11(18)10-12-6-3-2-4-9-17(12)16(19)15-13-7-5-8-14(13)15/h11-15,18H,2-10H2,1H3. The monoisotopic (exact) mass is 265 g/mol. The Bertz CT molecular complexity index is 332. The zero-order chi connectivity index (χ0) is 13.4. The number of aliphatic hydroxyl groups is 1. The summed E-state index contributed by atoms with van der Waals surface area (Å²) in [6.45, 7) is 2.77. The van der Waals surface area contributed by atoms with E-state index in [1.807, 2.05) is 6.92 Å². The number of fused-ring (bicyclic) bond motifs is 1. The number of carbonyl (C=O) groups is 1. The van der Waals surface area contributed by atoms with E-state index in [9.17, 15) is 9.90 Å². The highest BCUT2D eigenvalue weighted by atomic mass is 16.3. The van der Waals surface area contributed by atoms with Crippen LogP contribution in [0.4, 0.5) is 0 Å². The highest BCUT2D eigenvalue weighted by molar-refractivity contribution is 5.83. The van der Waals surface area contributed by atoms with E-state index >= 15 is 0 Å². The van der Waals surface area contributed by atoms with Crippen LogP contribution in [0.5, 0.6) is 0 Å². The third-order valence-corrected chi connectivity index (χ3v) is 5.47. The fourth-order valence-electron chi connectivity index (χ4n) is 4.49. The molecule has 0 aromatic rings. The number of hydrogen-bond donors (Lipinski definition) is 1. The fraction of sp³-hybridized carbons (Fsp3) is 0.938. The van der Waals surface area contributed by atoms with E-state index in [1.165, 1.54) is 32.1 Å². The molecule has 0 radical (unpaired) electrons. The summed E-state index contributed by atoms with van der Waals surface area (Å²) < 4.78 is 0. The van der Waals surface area contributed by atoms with Crippen molar-refractivity contribution in [2.75, 3.05) is 6.54 Å². The molecule has 0 aromatic carbocycles. The lowest BCUT2D eigenvalue weighted by Crippen LogP contribution is -2.43. The molecule has 3 nitrogen and oxygen atoms in total. The Kier molecular flexibility index (Phi) is 3.84. The quantitative estimate of drug-likeness (QED) is 0.852. The number of likely N-dealkylation sites (tertiary alicyclic amines) is 1. The van der Waals surface area contributed by atoms with Gasteiger partial charge in [0.25, 0.3) is 0 Å². The molecule has 3 heteroatoms. The van der Waals surface area contributed by atoms with Gasteiger partial charge in [0, 0.05) is 18.5 Å². The predicted octanol–water partition coefficient (Wildman–Crippen LogP) is 2.57. The van der Waals surface area contributed by atoms with Gasteiger partial charge in [-0.1, -0.05) is 19.3 Å². The van der Waals surface area contributed by atoms with Crippen LogP contribution >= 0.6 is 0 Å². The molecule has 3 fully saturated rings. The molecule has 1 saturated heterocycles. The molecule has 1 aliphatic heterocycles. The number of nitrogens with zero attached hydrogens (tertiary/aromatic N) is 1. The maximum absolute atomic E-state index is 12.8. The second kappa shape index (κ2) is 5.43. The number of hydrogen-bond acceptors (Lipinski definition) is 2. The van der Waals surface area contributed by atoms with E-state index in [-0.39, 0.29) is 12.1 Å². The Morgan fingerprint density at radius 2 is 1.89 bits per heavy atom. The topological polar surface area (TPSA) is 40.5 Å². The minimum atomic E-state index is -0.294. The molecule has 19 heavy (non-hydrogen) atoms. The van der Waals surface area contributed by atoms with Gasteiger partial charge in [-0.05, 0) is 50.9 Å². The molecule has 3 rings (SSSR count). The Labute approximate surface area is 116 Å². The smallest absolute Gasteiger partial charge is 0.226 e. The minimum absolute atomic E-state index is 0.288. The number of aliphatic hydroxyl groups excluding tert-OH is 1. The summed E-state index contributed by atoms with van der Waals surface area (Å²) in [5.74, 6) is 2.19. The van der Waals surface area contributed by atoms with Crippen LogP contribution in [0.25, 0.3) is 0 Å². The van der Waals surface area contributed by atoms with Crippen molar-refractivity contribution in [2.24, 2.45) is 17.8 Å². The van der Waals surface area contributed by atoms with Gasteiger partial charge >= 0.3 is 0 Å². The molecule has 0 bridgehead atoms. The lowest BCUT2D eigenvalue weighted by Gasteiger charge is -2.31. The van der Waals surface area contributed by atoms with Gasteiger partial charge in [0.2, 0.25) is 5.91 Å². The van der Waals surface area contributed by atoms with Gasteiger partial charge in [-0.25, -0.2) is 0 Å². The van der Waals surface area contributed by atoms with Gasteiger partial charge in [0.05, 0.1) is 6.10 Å². The maximum atomic E-state index is 12.8. The molecule has 108 valence electrons. The summed E-state index contributed by atoms with van der Waals surface area (Å²) in [4.78, 5) is 14.9. The number of rotatable bonds is 3. The van der Waals surface area contributed by atoms with Crippen molar-refractivity contribution in [3.8, 4) is 0 Å². The molecule has 1 amide bonds. The van der Waals surface area contributed by atoms with E-state index in [2.05, 4.69) is 4.90 Å². The molecule has 1 heterocycles. The van der Waals surface area contributed by atoms with Crippen LogP contribution < -0.4 is 0 Å². The largest absolute Gasteiger partial charge is 0.393 e. The second-order valence-corrected chi connectivity index (χ2v) is 6.90. The van der Waals surface area contributed by atoms with Crippen LogP contribution in [0.3, 0.4) is 0 Å². The Morgan fingerprint density at radius 1 is 1.16 bits per heavy atom. The average molecular weight is 265 g/mol. The number of amides is 1. The Hall–Kier alpha value is -0.570. The Balaban J connectivity index is 1.66. The molecule has 0 spiro atoms. The molecular formula is C16H27NO2. The summed E-state index contributed by atoms with van der Waals surface area (Å²) in [5, 5.41) is 9.67. The van der Waals surface area contributed by atoms with Gasteiger partial charge in [-0.3, -0.25) is 4.79 Å². The maximum Gasteiger partial charge on any atom is 0.226 e. The van der Waals surface area contributed by atoms with Crippen LogP contribution in [0, 0.1) is 17.8 Å². The van der Waals surface area contributed by atoms with Crippen LogP contribution in [0.2, 0.25) is 0 Å². The van der Waals surface area contributed by atoms with Crippen molar-refractivity contribution >= 4 is 5.91 Å². The van der Waals surface area contributed by atoms with Gasteiger partial charge < -0.3 is 10.0 Å². The van der Waals surface area contributed by atoms with Gasteiger partial charge in [0.15, 0.2) is 0 Å². The van der Waals surface area contributed by atoms with Crippen LogP contribution in [-0.2, 0) is 4.79 Å². The van der Waals surface area contributed by atoms with Gasteiger partial charge in [-0.2, -0.15) is 0 Å². The molecule has 3 aliphatic rings. The summed E-state index contributed by atoms with van der Waals surface area (Å²) in [6, 6.07) is 0.288. The lowest BCUT2D eigenvalue weighted by atomic mass is 10.0. The van der Waals surface area contributed by atoms with Gasteiger partial charge in [-0.15, -0.1) is 0 Å². The SMILES string of the molecule is CC(O)CC1CCCCCN1C(=O)C1C2CCCC21. The summed E-state index contributed by atoms with van der Waals surface area (Å²) in [7, 11) is 0. The molecule has 4 atom stereocenters. The van der Waals surface area contributed by atoms with Crippen molar-refractivity contribution in [1.29, 1.82) is 0 Å². The van der Waals surface area contributed by atoms with Crippen molar-refractivity contribution < 1.29 is 9.90 Å². The molecule has 2 saturated carbocycles. The van der Waals surface area contributed by atoms with Crippen molar-refractivity contribution in [2.45, 2.75) is 70.4 Å². The third kappa shape index (κ3) is 2.67. The first-order valence-electron chi connectivity index (χ1n) is 8.17. The summed E-state index contributed by atoms with van der Waals surface area (Å²) in [5.41, 5.74) is 0. The first kappa shape index (κ1) is 13.4. The molecule has 0 aromatic heterocycles. The lowest BCUT2D eigenvalue weighted by molar-refractivity contribution is -0.136. The molecular weight excluding hydrogens is 238 g/mol. The first-order valence-corrected chi connectivity index (χ1v) is 8.17. The van der Waals surface area contributed by atoms with Crippen LogP contribution in [0.1, 0.15) is 58.3 Å². The Morgan fingerprint density at radius 3 is 2.58 bits per heavy atom. The van der Waals surface area contributed by atoms with Crippen molar-refractivity contribution in [3.63, 3.8) is 0 Å². The highest BCUT2D eigenvalue weighted by Gasteiger charge is 2.57. The third-order valence-electron chi connectivity index (χ3n) is 5.47. The van der Waals surface area contributed by atoms with E-state index in [0.717, 1.165) is 25.8 Å². The second-order valence-electron chi connectivity index (χ2n) is 6.90. The van der Waals surface area contributed by atoms with Crippen molar-refractivity contribution in [1.82, 2.24) is 4.90 Å². The average Bonchev–Trinajstić information content (AvgIpc) is 2.95. The van der Waals surface area contributed by atoms with Crippen LogP contribution in [-0.4, -0.2) is 34.6 Å². The molecule has 2 aliphatic carbocycles. The van der Waals surface area contributed by atoms with E-state index < -0.39 is 0 Å². The summed E-state index contributed by atoms with van der Waals surface area (Å²) in [6.07, 6.45) is 9.01. The van der Waals surface area contributed by atoms with E-state index in [4.69, 9.17) is 0 Å². The van der Waals surface area contributed by atoms with E-state index in [0.29, 0.717) is 23.7 Å². The molecule has 4 unspecified atom stereocenters. The summed E-state index contributed by atoms with van der Waals surface area (Å²) >= 11 is 0. The molecule has 1 N–H and O–H groups in total. The van der Waals surface area contributed by atoms with Crippen molar-refractivity contribution in [3.05, 3.63) is 0 Å². The zero-order valence-corrected chi connectivity index (χ0v) is 12.1. The normalized spacial score (nSPS) is 39.6. The number of carbonyl (C=O) groups excluding carboxylic acids is 1. The zero-order valence-electron chi connectivity index (χ0n) is 12.1. The minimum Gasteiger partial charge on any atom is -0.393 e. The van der Waals surface area contributed by atoms with Crippen LogP contribution in [0.15, 0.2) is 0 Å². The highest BCUT2D eigenvalue weighted by Crippen LogP contribution is 2.58. The first-order chi connectivity index (χ1) is 9.18. The predicted molar refractivity (Wildman–Crippen MR) is 74.6 cm³/mol. The van der Waals surface area contributed by atoms with Gasteiger partial charge in [0.1, 0.15) is 0 Å². The van der Waals surface area contributed by atoms with E-state index in [1.54, 1.807) is 0 Å². The fourth-order valence-corrected chi connectivity index (χ4v) is 4.49.